The molecule has 0 aliphatic heterocycles. The zero-order valence-corrected chi connectivity index (χ0v) is 17.3. The minimum Gasteiger partial charge on any atom is -0.365 e. The zero-order chi connectivity index (χ0) is 19.5. The van der Waals surface area contributed by atoms with Gasteiger partial charge in [0.05, 0.1) is 11.4 Å². The monoisotopic (exact) mass is 343 g/mol. The maximum absolute atomic E-state index is 4.10. The molecule has 1 rings (SSSR count). The van der Waals surface area contributed by atoms with Crippen molar-refractivity contribution in [1.82, 2.24) is 10.2 Å². The van der Waals surface area contributed by atoms with Gasteiger partial charge in [-0.1, -0.05) is 49.5 Å². The van der Waals surface area contributed by atoms with Crippen molar-refractivity contribution in [3.8, 4) is 0 Å². The third kappa shape index (κ3) is 8.57. The van der Waals surface area contributed by atoms with Crippen molar-refractivity contribution in [3.63, 3.8) is 0 Å². The Hall–Kier alpha value is -2.03. The van der Waals surface area contributed by atoms with Gasteiger partial charge in [-0.25, -0.2) is 0 Å². The number of nitrogens with zero attached hydrogens (tertiary/aromatic N) is 2. The molecule has 0 radical (unpaired) electrons. The van der Waals surface area contributed by atoms with E-state index in [-0.39, 0.29) is 5.54 Å². The van der Waals surface area contributed by atoms with E-state index in [0.717, 1.165) is 23.7 Å². The third-order valence-corrected chi connectivity index (χ3v) is 4.16. The van der Waals surface area contributed by atoms with Crippen molar-refractivity contribution in [3.05, 3.63) is 60.5 Å². The first-order valence-electron chi connectivity index (χ1n) is 8.89. The quantitative estimate of drug-likeness (QED) is 0.513. The average Bonchev–Trinajstić information content (AvgIpc) is 2.52. The van der Waals surface area contributed by atoms with Gasteiger partial charge in [-0.05, 0) is 45.1 Å². The van der Waals surface area contributed by atoms with Crippen molar-refractivity contribution in [2.45, 2.75) is 46.1 Å². The Labute approximate surface area is 155 Å². The number of hydrogen-bond acceptors (Lipinski definition) is 3. The highest BCUT2D eigenvalue weighted by Gasteiger charge is 2.26. The second-order valence-corrected chi connectivity index (χ2v) is 6.95. The normalized spacial score (nSPS) is 19.4. The van der Waals surface area contributed by atoms with Crippen molar-refractivity contribution < 1.29 is 0 Å². The van der Waals surface area contributed by atoms with Crippen molar-refractivity contribution in [2.24, 2.45) is 10.9 Å². The van der Waals surface area contributed by atoms with Crippen LogP contribution in [0.3, 0.4) is 0 Å². The van der Waals surface area contributed by atoms with Gasteiger partial charge in [0.1, 0.15) is 0 Å². The van der Waals surface area contributed by atoms with Gasteiger partial charge in [0.2, 0.25) is 0 Å². The smallest absolute Gasteiger partial charge is 0.0940 e. The van der Waals surface area contributed by atoms with Gasteiger partial charge in [0.25, 0.3) is 0 Å². The molecule has 2 atom stereocenters. The highest BCUT2D eigenvalue weighted by Crippen LogP contribution is 2.22. The van der Waals surface area contributed by atoms with Crippen LogP contribution in [0.5, 0.6) is 0 Å². The molecular weight excluding hydrogens is 306 g/mol. The summed E-state index contributed by atoms with van der Waals surface area (Å²) in [6, 6.07) is 0. The first kappa shape index (κ1) is 23.0. The number of nitrogens with one attached hydrogen (secondary N) is 1. The van der Waals surface area contributed by atoms with Crippen molar-refractivity contribution >= 4 is 6.21 Å². The molecule has 0 fully saturated rings. The highest BCUT2D eigenvalue weighted by atomic mass is 15.2. The van der Waals surface area contributed by atoms with Crippen LogP contribution in [-0.2, 0) is 0 Å². The Morgan fingerprint density at radius 1 is 1.48 bits per heavy atom. The molecular formula is C22H37N3. The van der Waals surface area contributed by atoms with Gasteiger partial charge in [-0.2, -0.15) is 0 Å². The number of hydrogen-bond donors (Lipinski definition) is 1. The van der Waals surface area contributed by atoms with Gasteiger partial charge in [-0.3, -0.25) is 4.99 Å². The summed E-state index contributed by atoms with van der Waals surface area (Å²) in [5.74, 6) is 1.64. The van der Waals surface area contributed by atoms with Crippen LogP contribution in [0.4, 0.5) is 0 Å². The van der Waals surface area contributed by atoms with Crippen LogP contribution in [0.1, 0.15) is 40.5 Å². The van der Waals surface area contributed by atoms with E-state index < -0.39 is 0 Å². The fourth-order valence-electron chi connectivity index (χ4n) is 2.68. The van der Waals surface area contributed by atoms with E-state index in [9.17, 15) is 0 Å². The highest BCUT2D eigenvalue weighted by molar-refractivity contribution is 5.81. The van der Waals surface area contributed by atoms with E-state index in [0.29, 0.717) is 0 Å². The van der Waals surface area contributed by atoms with Gasteiger partial charge in [-0.15, -0.1) is 6.58 Å². The summed E-state index contributed by atoms with van der Waals surface area (Å²) >= 11 is 0. The summed E-state index contributed by atoms with van der Waals surface area (Å²) in [4.78, 5) is 6.05. The summed E-state index contributed by atoms with van der Waals surface area (Å²) < 4.78 is 0. The van der Waals surface area contributed by atoms with Crippen molar-refractivity contribution in [2.75, 3.05) is 21.1 Å². The summed E-state index contributed by atoms with van der Waals surface area (Å²) in [6.45, 7) is 16.4. The molecule has 25 heavy (non-hydrogen) atoms. The number of aliphatic imine (C=N–C) groups is 1. The van der Waals surface area contributed by atoms with E-state index in [4.69, 9.17) is 0 Å². The van der Waals surface area contributed by atoms with Crippen LogP contribution >= 0.6 is 0 Å². The third-order valence-electron chi connectivity index (χ3n) is 4.16. The average molecular weight is 344 g/mol. The van der Waals surface area contributed by atoms with E-state index in [1.165, 1.54) is 12.0 Å². The van der Waals surface area contributed by atoms with Gasteiger partial charge >= 0.3 is 0 Å². The summed E-state index contributed by atoms with van der Waals surface area (Å²) in [5, 5.41) is 3.43. The lowest BCUT2D eigenvalue weighted by Gasteiger charge is -2.35. The predicted molar refractivity (Wildman–Crippen MR) is 114 cm³/mol. The first-order valence-corrected chi connectivity index (χ1v) is 8.89. The van der Waals surface area contributed by atoms with Gasteiger partial charge in [0.15, 0.2) is 0 Å². The van der Waals surface area contributed by atoms with Crippen molar-refractivity contribution in [1.29, 1.82) is 0 Å². The second-order valence-electron chi connectivity index (χ2n) is 6.95. The largest absolute Gasteiger partial charge is 0.365 e. The van der Waals surface area contributed by atoms with Gasteiger partial charge in [0, 0.05) is 27.4 Å². The first-order chi connectivity index (χ1) is 11.7. The Bertz CT molecular complexity index is 550. The molecule has 0 aromatic rings. The van der Waals surface area contributed by atoms with Crippen LogP contribution in [0.2, 0.25) is 0 Å². The molecule has 3 nitrogen and oxygen atoms in total. The molecule has 0 aromatic carbocycles. The molecule has 1 N–H and O–H groups in total. The molecule has 1 unspecified atom stereocenters. The van der Waals surface area contributed by atoms with Crippen LogP contribution in [0, 0.1) is 5.92 Å². The summed E-state index contributed by atoms with van der Waals surface area (Å²) in [6.07, 6.45) is 14.6. The van der Waals surface area contributed by atoms with E-state index in [1.54, 1.807) is 7.05 Å². The maximum Gasteiger partial charge on any atom is 0.0940 e. The molecule has 3 heteroatoms. The van der Waals surface area contributed by atoms with Crippen LogP contribution in [0.25, 0.3) is 0 Å². The molecule has 0 bridgehead atoms. The summed E-state index contributed by atoms with van der Waals surface area (Å²) in [5.41, 5.74) is 2.31. The second kappa shape index (κ2) is 11.5. The molecule has 0 saturated carbocycles. The van der Waals surface area contributed by atoms with Crippen LogP contribution in [0.15, 0.2) is 65.5 Å². The SMILES string of the molecule is C=CC[C@](C)(NC(=C)N(C)C)/C(C=NC)=C/C.CC1=CC(C)CC=C1. The fraction of sp³-hybridized carbons (Fsp3) is 0.500. The molecule has 0 amide bonds. The predicted octanol–water partition coefficient (Wildman–Crippen LogP) is 5.12. The summed E-state index contributed by atoms with van der Waals surface area (Å²) in [7, 11) is 5.71. The molecule has 0 heterocycles. The standard InChI is InChI=1S/C14H25N3.C8H12/c1-8-10-14(4,13(9-2)11-15-5)16-12(3)17(6)7;1-7-4-3-5-8(2)6-7/h8-9,11,16H,1,3,10H2,2,4-7H3;3-4,6,8H,5H2,1-2H3/b13-9+,15-11?;/t14-;/m0./s1. The van der Waals surface area contributed by atoms with E-state index >= 15 is 0 Å². The molecule has 1 aliphatic rings. The fourth-order valence-corrected chi connectivity index (χ4v) is 2.68. The van der Waals surface area contributed by atoms with Gasteiger partial charge < -0.3 is 10.2 Å². The maximum atomic E-state index is 4.10. The number of allylic oxidation sites excluding steroid dienone is 5. The van der Waals surface area contributed by atoms with Crippen LogP contribution < -0.4 is 5.32 Å². The Morgan fingerprint density at radius 3 is 2.48 bits per heavy atom. The Balaban J connectivity index is 0.000000593. The van der Waals surface area contributed by atoms with Crippen LogP contribution in [-0.4, -0.2) is 37.8 Å². The molecule has 0 spiro atoms. The lowest BCUT2D eigenvalue weighted by atomic mass is 9.88. The number of rotatable bonds is 7. The van der Waals surface area contributed by atoms with E-state index in [2.05, 4.69) is 68.5 Å². The zero-order valence-electron chi connectivity index (χ0n) is 17.3. The molecule has 140 valence electrons. The Kier molecular flexibility index (Phi) is 10.6. The minimum absolute atomic E-state index is 0.225. The topological polar surface area (TPSA) is 27.6 Å². The lowest BCUT2D eigenvalue weighted by Crippen LogP contribution is -2.46. The Morgan fingerprint density at radius 2 is 2.12 bits per heavy atom. The molecule has 0 aromatic heterocycles. The lowest BCUT2D eigenvalue weighted by molar-refractivity contribution is 0.382. The van der Waals surface area contributed by atoms with E-state index in [1.807, 2.05) is 38.2 Å². The molecule has 1 aliphatic carbocycles. The molecule has 0 saturated heterocycles. The minimum atomic E-state index is -0.225.